The Balaban J connectivity index is 2.31. The van der Waals surface area contributed by atoms with Crippen LogP contribution in [0.3, 0.4) is 0 Å². The maximum Gasteiger partial charge on any atom is 0.0166 e. The number of hydrogen-bond acceptors (Lipinski definition) is 2. The van der Waals surface area contributed by atoms with Crippen molar-refractivity contribution in [2.24, 2.45) is 11.7 Å². The number of nitrogens with two attached hydrogens (primary N) is 1. The van der Waals surface area contributed by atoms with Gasteiger partial charge in [0.15, 0.2) is 0 Å². The summed E-state index contributed by atoms with van der Waals surface area (Å²) in [4.78, 5) is 2.60. The highest BCUT2D eigenvalue weighted by Crippen LogP contribution is 2.30. The lowest BCUT2D eigenvalue weighted by Gasteiger charge is -2.30. The molecule has 0 aliphatic heterocycles. The Hall–Kier alpha value is -0.0800. The molecule has 0 bridgehead atoms. The molecular formula is C15H32N2. The van der Waals surface area contributed by atoms with Gasteiger partial charge >= 0.3 is 0 Å². The Morgan fingerprint density at radius 2 is 1.71 bits per heavy atom. The average Bonchev–Trinajstić information content (AvgIpc) is 2.77. The maximum absolute atomic E-state index is 6.43. The van der Waals surface area contributed by atoms with Gasteiger partial charge in [-0.3, -0.25) is 0 Å². The lowest BCUT2D eigenvalue weighted by Crippen LogP contribution is -2.41. The predicted molar refractivity (Wildman–Crippen MR) is 76.2 cm³/mol. The molecule has 1 fully saturated rings. The van der Waals surface area contributed by atoms with Gasteiger partial charge in [-0.05, 0) is 38.3 Å². The zero-order chi connectivity index (χ0) is 12.7. The van der Waals surface area contributed by atoms with Gasteiger partial charge in [-0.15, -0.1) is 0 Å². The lowest BCUT2D eigenvalue weighted by molar-refractivity contribution is 0.210. The zero-order valence-electron chi connectivity index (χ0n) is 12.2. The SMILES string of the molecule is CCC(CC)CN(CC)CCC1(N)CCCC1. The fourth-order valence-corrected chi connectivity index (χ4v) is 3.00. The summed E-state index contributed by atoms with van der Waals surface area (Å²) in [5, 5.41) is 0. The monoisotopic (exact) mass is 240 g/mol. The molecule has 0 amide bonds. The van der Waals surface area contributed by atoms with Crippen LogP contribution in [0.4, 0.5) is 0 Å². The first-order valence-corrected chi connectivity index (χ1v) is 7.64. The summed E-state index contributed by atoms with van der Waals surface area (Å²) in [6.07, 6.45) is 8.98. The van der Waals surface area contributed by atoms with Gasteiger partial charge in [0.05, 0.1) is 0 Å². The van der Waals surface area contributed by atoms with Gasteiger partial charge in [-0.1, -0.05) is 46.5 Å². The molecule has 1 aliphatic rings. The normalized spacial score (nSPS) is 19.4. The smallest absolute Gasteiger partial charge is 0.0166 e. The van der Waals surface area contributed by atoms with Crippen molar-refractivity contribution in [3.05, 3.63) is 0 Å². The van der Waals surface area contributed by atoms with E-state index in [4.69, 9.17) is 5.73 Å². The van der Waals surface area contributed by atoms with Gasteiger partial charge in [0, 0.05) is 12.1 Å². The third-order valence-electron chi connectivity index (χ3n) is 4.64. The van der Waals surface area contributed by atoms with Gasteiger partial charge < -0.3 is 10.6 Å². The molecule has 2 nitrogen and oxygen atoms in total. The van der Waals surface area contributed by atoms with E-state index in [1.807, 2.05) is 0 Å². The molecule has 17 heavy (non-hydrogen) atoms. The van der Waals surface area contributed by atoms with Gasteiger partial charge in [0.1, 0.15) is 0 Å². The Morgan fingerprint density at radius 1 is 1.12 bits per heavy atom. The van der Waals surface area contributed by atoms with Crippen molar-refractivity contribution in [1.82, 2.24) is 4.90 Å². The predicted octanol–water partition coefficient (Wildman–Crippen LogP) is 3.41. The molecule has 0 aromatic carbocycles. The molecule has 0 aromatic heterocycles. The second kappa shape index (κ2) is 7.38. The summed E-state index contributed by atoms with van der Waals surface area (Å²) in [5.74, 6) is 0.868. The summed E-state index contributed by atoms with van der Waals surface area (Å²) in [5.41, 5.74) is 6.60. The first-order chi connectivity index (χ1) is 8.13. The van der Waals surface area contributed by atoms with E-state index in [1.54, 1.807) is 0 Å². The van der Waals surface area contributed by atoms with Crippen LogP contribution in [0.15, 0.2) is 0 Å². The quantitative estimate of drug-likeness (QED) is 0.704. The lowest BCUT2D eigenvalue weighted by atomic mass is 9.94. The van der Waals surface area contributed by atoms with Crippen molar-refractivity contribution in [3.8, 4) is 0 Å². The highest BCUT2D eigenvalue weighted by molar-refractivity contribution is 4.89. The van der Waals surface area contributed by atoms with Crippen LogP contribution in [-0.2, 0) is 0 Å². The summed E-state index contributed by atoms with van der Waals surface area (Å²) >= 11 is 0. The van der Waals surface area contributed by atoms with Crippen LogP contribution in [-0.4, -0.2) is 30.1 Å². The molecule has 1 aliphatic carbocycles. The average molecular weight is 240 g/mol. The van der Waals surface area contributed by atoms with Crippen LogP contribution in [0.25, 0.3) is 0 Å². The molecule has 0 heterocycles. The third-order valence-corrected chi connectivity index (χ3v) is 4.64. The van der Waals surface area contributed by atoms with Crippen molar-refractivity contribution in [2.75, 3.05) is 19.6 Å². The van der Waals surface area contributed by atoms with Crippen molar-refractivity contribution in [3.63, 3.8) is 0 Å². The van der Waals surface area contributed by atoms with Crippen LogP contribution >= 0.6 is 0 Å². The minimum absolute atomic E-state index is 0.168. The van der Waals surface area contributed by atoms with E-state index in [-0.39, 0.29) is 5.54 Å². The molecule has 0 atom stereocenters. The molecule has 1 saturated carbocycles. The van der Waals surface area contributed by atoms with Crippen LogP contribution in [0.1, 0.15) is 65.7 Å². The summed E-state index contributed by atoms with van der Waals surface area (Å²) in [6.45, 7) is 10.5. The molecule has 0 radical (unpaired) electrons. The van der Waals surface area contributed by atoms with Crippen LogP contribution in [0.2, 0.25) is 0 Å². The molecule has 0 unspecified atom stereocenters. The van der Waals surface area contributed by atoms with E-state index in [0.717, 1.165) is 5.92 Å². The van der Waals surface area contributed by atoms with Gasteiger partial charge in [-0.25, -0.2) is 0 Å². The topological polar surface area (TPSA) is 29.3 Å². The molecule has 102 valence electrons. The van der Waals surface area contributed by atoms with Crippen LogP contribution < -0.4 is 5.73 Å². The van der Waals surface area contributed by atoms with Gasteiger partial charge in [0.2, 0.25) is 0 Å². The molecule has 2 N–H and O–H groups in total. The molecule has 0 spiro atoms. The summed E-state index contributed by atoms with van der Waals surface area (Å²) in [7, 11) is 0. The number of rotatable bonds is 8. The molecular weight excluding hydrogens is 208 g/mol. The number of hydrogen-bond donors (Lipinski definition) is 1. The van der Waals surface area contributed by atoms with Crippen LogP contribution in [0, 0.1) is 5.92 Å². The van der Waals surface area contributed by atoms with Crippen LogP contribution in [0.5, 0.6) is 0 Å². The standard InChI is InChI=1S/C15H32N2/c1-4-14(5-2)13-17(6-3)12-11-15(16)9-7-8-10-15/h14H,4-13,16H2,1-3H3. The third kappa shape index (κ3) is 4.97. The first-order valence-electron chi connectivity index (χ1n) is 7.64. The Kier molecular flexibility index (Phi) is 6.50. The second-order valence-electron chi connectivity index (χ2n) is 5.90. The van der Waals surface area contributed by atoms with Gasteiger partial charge in [0.25, 0.3) is 0 Å². The summed E-state index contributed by atoms with van der Waals surface area (Å²) < 4.78 is 0. The van der Waals surface area contributed by atoms with Crippen molar-refractivity contribution >= 4 is 0 Å². The fraction of sp³-hybridized carbons (Fsp3) is 1.00. The zero-order valence-corrected chi connectivity index (χ0v) is 12.2. The minimum atomic E-state index is 0.168. The van der Waals surface area contributed by atoms with E-state index in [9.17, 15) is 0 Å². The van der Waals surface area contributed by atoms with E-state index in [2.05, 4.69) is 25.7 Å². The first kappa shape index (κ1) is 15.0. The highest BCUT2D eigenvalue weighted by atomic mass is 15.1. The molecule has 0 saturated heterocycles. The minimum Gasteiger partial charge on any atom is -0.325 e. The van der Waals surface area contributed by atoms with Crippen molar-refractivity contribution < 1.29 is 0 Å². The van der Waals surface area contributed by atoms with E-state index in [1.165, 1.54) is 64.6 Å². The maximum atomic E-state index is 6.43. The fourth-order valence-electron chi connectivity index (χ4n) is 3.00. The van der Waals surface area contributed by atoms with Crippen molar-refractivity contribution in [2.45, 2.75) is 71.3 Å². The second-order valence-corrected chi connectivity index (χ2v) is 5.90. The number of nitrogens with zero attached hydrogens (tertiary/aromatic N) is 1. The molecule has 0 aromatic rings. The summed E-state index contributed by atoms with van der Waals surface area (Å²) in [6, 6.07) is 0. The largest absolute Gasteiger partial charge is 0.325 e. The van der Waals surface area contributed by atoms with Gasteiger partial charge in [-0.2, -0.15) is 0 Å². The van der Waals surface area contributed by atoms with E-state index in [0.29, 0.717) is 0 Å². The Labute approximate surface area is 108 Å². The highest BCUT2D eigenvalue weighted by Gasteiger charge is 2.29. The molecule has 2 heteroatoms. The molecule has 1 rings (SSSR count). The van der Waals surface area contributed by atoms with Crippen molar-refractivity contribution in [1.29, 1.82) is 0 Å². The van der Waals surface area contributed by atoms with E-state index < -0.39 is 0 Å². The Bertz CT molecular complexity index is 193. The van der Waals surface area contributed by atoms with E-state index >= 15 is 0 Å². The Morgan fingerprint density at radius 3 is 2.18 bits per heavy atom.